The van der Waals surface area contributed by atoms with Crippen LogP contribution in [0.4, 0.5) is 0 Å². The number of benzene rings is 2. The minimum atomic E-state index is -0.667. The number of ether oxygens (including phenoxy) is 5. The van der Waals surface area contributed by atoms with Crippen molar-refractivity contribution in [2.24, 2.45) is 0 Å². The van der Waals surface area contributed by atoms with Crippen molar-refractivity contribution in [1.82, 2.24) is 0 Å². The van der Waals surface area contributed by atoms with Crippen LogP contribution in [0.1, 0.15) is 25.0 Å². The lowest BCUT2D eigenvalue weighted by Gasteiger charge is -2.26. The van der Waals surface area contributed by atoms with Crippen molar-refractivity contribution >= 4 is 0 Å². The summed E-state index contributed by atoms with van der Waals surface area (Å²) in [6.07, 6.45) is -1.16. The second-order valence-corrected chi connectivity index (χ2v) is 7.41. The first kappa shape index (κ1) is 18.6. The van der Waals surface area contributed by atoms with Gasteiger partial charge in [0.2, 0.25) is 0 Å². The van der Waals surface area contributed by atoms with Gasteiger partial charge in [0.1, 0.15) is 18.3 Å². The van der Waals surface area contributed by atoms with E-state index in [0.717, 1.165) is 11.1 Å². The SMILES string of the molecule is CC1(C)OC2OC(COCc3ccccc3)[C@H](OCc3ccccc3)C2O1. The van der Waals surface area contributed by atoms with Crippen LogP contribution in [0, 0.1) is 0 Å². The average molecular weight is 370 g/mol. The zero-order chi connectivity index (χ0) is 18.7. The van der Waals surface area contributed by atoms with E-state index in [4.69, 9.17) is 23.7 Å². The highest BCUT2D eigenvalue weighted by molar-refractivity contribution is 5.14. The summed E-state index contributed by atoms with van der Waals surface area (Å²) in [6.45, 7) is 5.24. The molecule has 144 valence electrons. The molecule has 4 rings (SSSR count). The summed E-state index contributed by atoms with van der Waals surface area (Å²) in [7, 11) is 0. The second kappa shape index (κ2) is 8.09. The van der Waals surface area contributed by atoms with Crippen molar-refractivity contribution < 1.29 is 23.7 Å². The van der Waals surface area contributed by atoms with Crippen LogP contribution >= 0.6 is 0 Å². The summed E-state index contributed by atoms with van der Waals surface area (Å²) < 4.78 is 30.1. The molecule has 2 aromatic carbocycles. The molecule has 0 aromatic heterocycles. The van der Waals surface area contributed by atoms with Crippen LogP contribution in [0.15, 0.2) is 60.7 Å². The molecule has 2 aliphatic rings. The maximum Gasteiger partial charge on any atom is 0.190 e. The fourth-order valence-corrected chi connectivity index (χ4v) is 3.52. The molecule has 0 radical (unpaired) electrons. The van der Waals surface area contributed by atoms with Gasteiger partial charge in [0.25, 0.3) is 0 Å². The van der Waals surface area contributed by atoms with Crippen LogP contribution in [0.3, 0.4) is 0 Å². The van der Waals surface area contributed by atoms with E-state index in [1.165, 1.54) is 0 Å². The Labute approximate surface area is 160 Å². The molecular formula is C22H26O5. The molecule has 0 bridgehead atoms. The zero-order valence-corrected chi connectivity index (χ0v) is 15.7. The Bertz CT molecular complexity index is 718. The summed E-state index contributed by atoms with van der Waals surface area (Å²) in [6, 6.07) is 20.2. The number of hydrogen-bond donors (Lipinski definition) is 0. The Morgan fingerprint density at radius 3 is 2.15 bits per heavy atom. The fraction of sp³-hybridized carbons (Fsp3) is 0.455. The first-order chi connectivity index (χ1) is 13.1. The topological polar surface area (TPSA) is 46.2 Å². The first-order valence-corrected chi connectivity index (χ1v) is 9.39. The third kappa shape index (κ3) is 4.57. The molecule has 2 fully saturated rings. The van der Waals surface area contributed by atoms with Gasteiger partial charge in [-0.15, -0.1) is 0 Å². The van der Waals surface area contributed by atoms with Gasteiger partial charge in [0.05, 0.1) is 19.8 Å². The lowest BCUT2D eigenvalue weighted by atomic mass is 10.1. The van der Waals surface area contributed by atoms with Crippen molar-refractivity contribution in [3.63, 3.8) is 0 Å². The largest absolute Gasteiger partial charge is 0.374 e. The van der Waals surface area contributed by atoms with Gasteiger partial charge in [-0.05, 0) is 25.0 Å². The molecule has 2 heterocycles. The van der Waals surface area contributed by atoms with E-state index >= 15 is 0 Å². The number of fused-ring (bicyclic) bond motifs is 1. The van der Waals surface area contributed by atoms with E-state index in [0.29, 0.717) is 19.8 Å². The maximum absolute atomic E-state index is 6.20. The van der Waals surface area contributed by atoms with E-state index in [1.54, 1.807) is 0 Å². The molecule has 0 spiro atoms. The molecule has 5 nitrogen and oxygen atoms in total. The Kier molecular flexibility index (Phi) is 5.57. The molecule has 0 aliphatic carbocycles. The Morgan fingerprint density at radius 2 is 1.48 bits per heavy atom. The summed E-state index contributed by atoms with van der Waals surface area (Å²) >= 11 is 0. The van der Waals surface area contributed by atoms with Crippen molar-refractivity contribution in [1.29, 1.82) is 0 Å². The minimum absolute atomic E-state index is 0.233. The van der Waals surface area contributed by atoms with Gasteiger partial charge >= 0.3 is 0 Å². The van der Waals surface area contributed by atoms with Crippen LogP contribution in [0.5, 0.6) is 0 Å². The molecule has 2 aromatic rings. The van der Waals surface area contributed by atoms with Crippen LogP contribution in [-0.2, 0) is 36.9 Å². The van der Waals surface area contributed by atoms with Crippen molar-refractivity contribution in [3.05, 3.63) is 71.8 Å². The van der Waals surface area contributed by atoms with Gasteiger partial charge in [-0.3, -0.25) is 0 Å². The van der Waals surface area contributed by atoms with E-state index in [2.05, 4.69) is 0 Å². The summed E-state index contributed by atoms with van der Waals surface area (Å²) in [5.41, 5.74) is 2.24. The quantitative estimate of drug-likeness (QED) is 0.744. The first-order valence-electron chi connectivity index (χ1n) is 9.39. The third-order valence-corrected chi connectivity index (χ3v) is 4.77. The van der Waals surface area contributed by atoms with Crippen molar-refractivity contribution in [2.45, 2.75) is 57.5 Å². The van der Waals surface area contributed by atoms with Gasteiger partial charge in [0, 0.05) is 0 Å². The Balaban J connectivity index is 1.38. The summed E-state index contributed by atoms with van der Waals surface area (Å²) in [4.78, 5) is 0. The van der Waals surface area contributed by atoms with Crippen molar-refractivity contribution in [2.75, 3.05) is 6.61 Å². The normalized spacial score (nSPS) is 29.0. The van der Waals surface area contributed by atoms with Crippen molar-refractivity contribution in [3.8, 4) is 0 Å². The third-order valence-electron chi connectivity index (χ3n) is 4.77. The molecule has 5 heteroatoms. The predicted octanol–water partition coefficient (Wildman–Crippen LogP) is 3.67. The van der Waals surface area contributed by atoms with Gasteiger partial charge in [-0.1, -0.05) is 60.7 Å². The molecule has 4 atom stereocenters. The van der Waals surface area contributed by atoms with Gasteiger partial charge in [0.15, 0.2) is 12.1 Å². The van der Waals surface area contributed by atoms with Crippen LogP contribution in [0.2, 0.25) is 0 Å². The predicted molar refractivity (Wildman–Crippen MR) is 99.8 cm³/mol. The van der Waals surface area contributed by atoms with Crippen LogP contribution in [0.25, 0.3) is 0 Å². The monoisotopic (exact) mass is 370 g/mol. The molecule has 0 N–H and O–H groups in total. The lowest BCUT2D eigenvalue weighted by molar-refractivity contribution is -0.225. The van der Waals surface area contributed by atoms with E-state index in [1.807, 2.05) is 74.5 Å². The summed E-state index contributed by atoms with van der Waals surface area (Å²) in [5, 5.41) is 0. The van der Waals surface area contributed by atoms with E-state index < -0.39 is 12.1 Å². The minimum Gasteiger partial charge on any atom is -0.374 e. The highest BCUT2D eigenvalue weighted by Gasteiger charge is 2.55. The average Bonchev–Trinajstić information content (AvgIpc) is 3.13. The molecule has 3 unspecified atom stereocenters. The molecule has 2 saturated heterocycles. The Hall–Kier alpha value is -1.76. The van der Waals surface area contributed by atoms with E-state index in [9.17, 15) is 0 Å². The maximum atomic E-state index is 6.20. The van der Waals surface area contributed by atoms with Gasteiger partial charge in [-0.25, -0.2) is 0 Å². The zero-order valence-electron chi connectivity index (χ0n) is 15.7. The number of rotatable bonds is 7. The van der Waals surface area contributed by atoms with Gasteiger partial charge < -0.3 is 23.7 Å². The van der Waals surface area contributed by atoms with Crippen LogP contribution < -0.4 is 0 Å². The molecule has 2 aliphatic heterocycles. The number of hydrogen-bond acceptors (Lipinski definition) is 5. The summed E-state index contributed by atoms with van der Waals surface area (Å²) in [5.74, 6) is -0.667. The standard InChI is InChI=1S/C22H26O5/c1-22(2)26-20-19(24-14-17-11-7-4-8-12-17)18(25-21(20)27-22)15-23-13-16-9-5-3-6-10-16/h3-12,18-21H,13-15H2,1-2H3/t18?,19-,20?,21?/m0/s1. The highest BCUT2D eigenvalue weighted by atomic mass is 16.8. The van der Waals surface area contributed by atoms with Gasteiger partial charge in [-0.2, -0.15) is 0 Å². The lowest BCUT2D eigenvalue weighted by Crippen LogP contribution is -2.38. The molecule has 0 saturated carbocycles. The molecular weight excluding hydrogens is 344 g/mol. The smallest absolute Gasteiger partial charge is 0.190 e. The highest BCUT2D eigenvalue weighted by Crippen LogP contribution is 2.39. The molecule has 0 amide bonds. The second-order valence-electron chi connectivity index (χ2n) is 7.41. The molecule has 27 heavy (non-hydrogen) atoms. The Morgan fingerprint density at radius 1 is 0.852 bits per heavy atom. The fourth-order valence-electron chi connectivity index (χ4n) is 3.52. The van der Waals surface area contributed by atoms with Crippen LogP contribution in [-0.4, -0.2) is 37.0 Å². The van der Waals surface area contributed by atoms with E-state index in [-0.39, 0.29) is 18.3 Å².